The molecule has 5 nitrogen and oxygen atoms in total. The van der Waals surface area contributed by atoms with E-state index in [2.05, 4.69) is 16.7 Å². The molecule has 3 heterocycles. The Morgan fingerprint density at radius 1 is 1.09 bits per heavy atom. The molecule has 0 saturated heterocycles. The maximum atomic E-state index is 13.4. The molecule has 158 valence electrons. The fraction of sp³-hybridized carbons (Fsp3) is 0.154. The van der Waals surface area contributed by atoms with Crippen molar-refractivity contribution in [1.82, 2.24) is 15.2 Å². The summed E-state index contributed by atoms with van der Waals surface area (Å²) in [6.07, 6.45) is 14.8. The number of nitriles is 1. The Hall–Kier alpha value is -3.75. The third-order valence-corrected chi connectivity index (χ3v) is 6.15. The van der Waals surface area contributed by atoms with Crippen LogP contribution in [0.25, 0.3) is 22.4 Å². The second-order valence-electron chi connectivity index (χ2n) is 7.94. The quantitative estimate of drug-likeness (QED) is 0.707. The molecule has 0 amide bonds. The van der Waals surface area contributed by atoms with Crippen molar-refractivity contribution in [2.45, 2.75) is 19.3 Å². The first-order chi connectivity index (χ1) is 15.6. The van der Waals surface area contributed by atoms with Gasteiger partial charge in [0.15, 0.2) is 0 Å². The highest BCUT2D eigenvalue weighted by Gasteiger charge is 2.21. The van der Waals surface area contributed by atoms with Crippen LogP contribution in [0.5, 0.6) is 0 Å². The third kappa shape index (κ3) is 3.70. The van der Waals surface area contributed by atoms with E-state index in [1.807, 2.05) is 48.7 Å². The van der Waals surface area contributed by atoms with Gasteiger partial charge in [0.05, 0.1) is 5.70 Å². The zero-order valence-corrected chi connectivity index (χ0v) is 18.1. The number of nitrogens with one attached hydrogen (secondary N) is 2. The molecule has 3 aliphatic rings. The normalized spacial score (nSPS) is 17.3. The average Bonchev–Trinajstić information content (AvgIpc) is 2.79. The topological polar surface area (TPSA) is 69.8 Å². The number of rotatable bonds is 3. The Balaban J connectivity index is 1.70. The van der Waals surface area contributed by atoms with Crippen molar-refractivity contribution in [3.8, 4) is 17.2 Å². The molecule has 2 aromatic rings. The van der Waals surface area contributed by atoms with Crippen LogP contribution in [0.2, 0.25) is 5.02 Å². The summed E-state index contributed by atoms with van der Waals surface area (Å²) in [7, 11) is 0. The van der Waals surface area contributed by atoms with Crippen molar-refractivity contribution in [3.05, 3.63) is 105 Å². The average molecular weight is 441 g/mol. The summed E-state index contributed by atoms with van der Waals surface area (Å²) in [5, 5.41) is 16.9. The van der Waals surface area contributed by atoms with Crippen LogP contribution in [0.1, 0.15) is 24.8 Å². The van der Waals surface area contributed by atoms with Gasteiger partial charge in [-0.25, -0.2) is 0 Å². The van der Waals surface area contributed by atoms with Gasteiger partial charge in [0.1, 0.15) is 11.8 Å². The van der Waals surface area contributed by atoms with Gasteiger partial charge in [0, 0.05) is 46.4 Å². The minimum Gasteiger partial charge on any atom is -0.386 e. The lowest BCUT2D eigenvalue weighted by atomic mass is 9.88. The summed E-state index contributed by atoms with van der Waals surface area (Å²) in [5.74, 6) is 0. The lowest BCUT2D eigenvalue weighted by Gasteiger charge is -2.24. The molecule has 32 heavy (non-hydrogen) atoms. The molecule has 5 rings (SSSR count). The van der Waals surface area contributed by atoms with Gasteiger partial charge in [0.25, 0.3) is 5.56 Å². The number of halogens is 1. The first-order valence-electron chi connectivity index (χ1n) is 10.6. The van der Waals surface area contributed by atoms with Gasteiger partial charge in [-0.3, -0.25) is 9.36 Å². The van der Waals surface area contributed by atoms with E-state index in [9.17, 15) is 10.1 Å². The monoisotopic (exact) mass is 440 g/mol. The predicted molar refractivity (Wildman–Crippen MR) is 128 cm³/mol. The van der Waals surface area contributed by atoms with Crippen molar-refractivity contribution in [2.75, 3.05) is 6.54 Å². The zero-order chi connectivity index (χ0) is 22.1. The fourth-order valence-electron chi connectivity index (χ4n) is 4.04. The number of pyridine rings is 1. The molecule has 6 heteroatoms. The van der Waals surface area contributed by atoms with E-state index < -0.39 is 0 Å². The van der Waals surface area contributed by atoms with Crippen molar-refractivity contribution in [1.29, 1.82) is 5.26 Å². The molecule has 1 saturated carbocycles. The number of benzene rings is 1. The third-order valence-electron chi connectivity index (χ3n) is 5.91. The van der Waals surface area contributed by atoms with E-state index in [4.69, 9.17) is 11.6 Å². The maximum absolute atomic E-state index is 13.4. The van der Waals surface area contributed by atoms with Crippen LogP contribution in [-0.4, -0.2) is 11.1 Å². The fourth-order valence-corrected chi connectivity index (χ4v) is 4.23. The molecular weight excluding hydrogens is 420 g/mol. The van der Waals surface area contributed by atoms with E-state index >= 15 is 0 Å². The second kappa shape index (κ2) is 8.41. The zero-order valence-electron chi connectivity index (χ0n) is 17.4. The largest absolute Gasteiger partial charge is 0.386 e. The highest BCUT2D eigenvalue weighted by Crippen LogP contribution is 2.33. The molecule has 0 spiro atoms. The summed E-state index contributed by atoms with van der Waals surface area (Å²) in [4.78, 5) is 13.4. The van der Waals surface area contributed by atoms with Crippen molar-refractivity contribution in [3.63, 3.8) is 0 Å². The molecule has 0 radical (unpaired) electrons. The SMILES string of the molecule is N#CC1=C(c2cc(-c3cccc(Cl)c3)c(=O)n(C3=CNCC=C3)c2)C=CC(=C2CCC2)N1. The van der Waals surface area contributed by atoms with Crippen molar-refractivity contribution < 1.29 is 0 Å². The number of nitrogens with zero attached hydrogens (tertiary/aromatic N) is 2. The first-order valence-corrected chi connectivity index (χ1v) is 11.0. The van der Waals surface area contributed by atoms with Crippen LogP contribution in [0, 0.1) is 11.3 Å². The van der Waals surface area contributed by atoms with E-state index in [1.54, 1.807) is 22.9 Å². The van der Waals surface area contributed by atoms with E-state index in [1.165, 1.54) is 12.0 Å². The Labute approximate surface area is 191 Å². The van der Waals surface area contributed by atoms with Gasteiger partial charge < -0.3 is 10.6 Å². The number of dihydropyridines is 2. The lowest BCUT2D eigenvalue weighted by Crippen LogP contribution is -2.24. The molecule has 1 aromatic carbocycles. The van der Waals surface area contributed by atoms with Crippen LogP contribution in [0.3, 0.4) is 0 Å². The molecule has 2 N–H and O–H groups in total. The van der Waals surface area contributed by atoms with Crippen molar-refractivity contribution >= 4 is 22.9 Å². The van der Waals surface area contributed by atoms with E-state index in [0.29, 0.717) is 22.8 Å². The molecule has 0 bridgehead atoms. The number of aromatic nitrogens is 1. The Morgan fingerprint density at radius 3 is 2.66 bits per heavy atom. The van der Waals surface area contributed by atoms with E-state index in [0.717, 1.165) is 40.9 Å². The first kappa shape index (κ1) is 20.2. The number of hydrogen-bond acceptors (Lipinski definition) is 4. The Morgan fingerprint density at radius 2 is 1.97 bits per heavy atom. The number of hydrogen-bond donors (Lipinski definition) is 2. The Bertz CT molecular complexity index is 1360. The molecular formula is C26H21ClN4O. The van der Waals surface area contributed by atoms with Crippen molar-refractivity contribution in [2.24, 2.45) is 0 Å². The van der Waals surface area contributed by atoms with Crippen LogP contribution < -0.4 is 16.2 Å². The molecule has 1 fully saturated rings. The Kier molecular flexibility index (Phi) is 5.30. The van der Waals surface area contributed by atoms with Crippen LogP contribution in [0.4, 0.5) is 0 Å². The summed E-state index contributed by atoms with van der Waals surface area (Å²) < 4.78 is 1.62. The van der Waals surface area contributed by atoms with Crippen LogP contribution in [0.15, 0.2) is 88.8 Å². The van der Waals surface area contributed by atoms with Gasteiger partial charge in [-0.1, -0.05) is 29.8 Å². The maximum Gasteiger partial charge on any atom is 0.263 e. The lowest BCUT2D eigenvalue weighted by molar-refractivity contribution is 0.645. The minimum atomic E-state index is -0.153. The molecule has 1 aliphatic carbocycles. The predicted octanol–water partition coefficient (Wildman–Crippen LogP) is 4.96. The smallest absolute Gasteiger partial charge is 0.263 e. The summed E-state index contributed by atoms with van der Waals surface area (Å²) in [6, 6.07) is 11.4. The molecule has 2 aliphatic heterocycles. The summed E-state index contributed by atoms with van der Waals surface area (Å²) in [6.45, 7) is 0.715. The highest BCUT2D eigenvalue weighted by atomic mass is 35.5. The van der Waals surface area contributed by atoms with Crippen LogP contribution >= 0.6 is 11.6 Å². The minimum absolute atomic E-state index is 0.153. The summed E-state index contributed by atoms with van der Waals surface area (Å²) >= 11 is 6.21. The summed E-state index contributed by atoms with van der Waals surface area (Å²) in [5.41, 5.74) is 6.20. The highest BCUT2D eigenvalue weighted by molar-refractivity contribution is 6.30. The molecule has 0 atom stereocenters. The van der Waals surface area contributed by atoms with Gasteiger partial charge in [-0.2, -0.15) is 5.26 Å². The molecule has 1 aromatic heterocycles. The van der Waals surface area contributed by atoms with Crippen LogP contribution in [-0.2, 0) is 0 Å². The van der Waals surface area contributed by atoms with E-state index in [-0.39, 0.29) is 5.56 Å². The van der Waals surface area contributed by atoms with Gasteiger partial charge >= 0.3 is 0 Å². The standard InChI is InChI=1S/C26H21ClN4O/c27-20-7-2-6-18(12-20)23-13-19(16-31(26(23)32)21-8-3-11-29-15-21)22-9-10-24(17-4-1-5-17)30-25(22)14-28/h2-3,6-10,12-13,15-16,29-30H,1,4-5,11H2. The molecule has 0 unspecified atom stereocenters. The number of allylic oxidation sites excluding steroid dienone is 7. The van der Waals surface area contributed by atoms with Gasteiger partial charge in [-0.15, -0.1) is 0 Å². The second-order valence-corrected chi connectivity index (χ2v) is 8.37. The van der Waals surface area contributed by atoms with Gasteiger partial charge in [0.2, 0.25) is 0 Å². The van der Waals surface area contributed by atoms with Gasteiger partial charge in [-0.05, 0) is 66.8 Å².